The van der Waals surface area contributed by atoms with Crippen molar-refractivity contribution in [3.8, 4) is 17.1 Å². The first kappa shape index (κ1) is 27.3. The van der Waals surface area contributed by atoms with E-state index in [1.165, 1.54) is 82.6 Å². The Balaban J connectivity index is 1.65. The van der Waals surface area contributed by atoms with Gasteiger partial charge in [0.25, 0.3) is 0 Å². The second-order valence-electron chi connectivity index (χ2n) is 9.89. The molecule has 0 bridgehead atoms. The van der Waals surface area contributed by atoms with Gasteiger partial charge < -0.3 is 4.74 Å². The summed E-state index contributed by atoms with van der Waals surface area (Å²) >= 11 is 0. The number of hydrogen-bond acceptors (Lipinski definition) is 3. The summed E-state index contributed by atoms with van der Waals surface area (Å²) < 4.78 is 6.06. The van der Waals surface area contributed by atoms with Crippen LogP contribution in [0.1, 0.15) is 117 Å². The summed E-state index contributed by atoms with van der Waals surface area (Å²) in [5, 5.41) is 0. The zero-order chi connectivity index (χ0) is 23.7. The molecule has 2 atom stereocenters. The van der Waals surface area contributed by atoms with Gasteiger partial charge in [-0.2, -0.15) is 0 Å². The van der Waals surface area contributed by atoms with Crippen molar-refractivity contribution in [1.29, 1.82) is 0 Å². The summed E-state index contributed by atoms with van der Waals surface area (Å²) in [6.07, 6.45) is 22.4. The van der Waals surface area contributed by atoms with Crippen LogP contribution in [-0.2, 0) is 6.42 Å². The lowest BCUT2D eigenvalue weighted by atomic mass is 9.99. The molecule has 0 radical (unpaired) electrons. The Morgan fingerprint density at radius 1 is 0.727 bits per heavy atom. The summed E-state index contributed by atoms with van der Waals surface area (Å²) in [6.45, 7) is 9.07. The number of rotatable bonds is 18. The molecule has 3 heteroatoms. The molecule has 2 unspecified atom stereocenters. The standard InChI is InChI=1S/C30H48N2O/c1-5-7-8-14-17-26(4)33-29-21-19-28(20-22-29)30-31-23-27(24-32-30)18-15-12-10-9-11-13-16-25(3)6-2/h19-26H,5-18H2,1-4H3. The van der Waals surface area contributed by atoms with E-state index in [0.717, 1.165) is 35.9 Å². The zero-order valence-electron chi connectivity index (χ0n) is 21.8. The topological polar surface area (TPSA) is 35.0 Å². The van der Waals surface area contributed by atoms with Gasteiger partial charge in [-0.15, -0.1) is 0 Å². The molecule has 0 aliphatic heterocycles. The van der Waals surface area contributed by atoms with E-state index in [2.05, 4.69) is 49.8 Å². The second-order valence-corrected chi connectivity index (χ2v) is 9.89. The fourth-order valence-corrected chi connectivity index (χ4v) is 4.20. The average molecular weight is 453 g/mol. The Hall–Kier alpha value is -1.90. The van der Waals surface area contributed by atoms with Gasteiger partial charge in [-0.1, -0.05) is 85.0 Å². The smallest absolute Gasteiger partial charge is 0.159 e. The molecule has 33 heavy (non-hydrogen) atoms. The van der Waals surface area contributed by atoms with Crippen molar-refractivity contribution in [2.45, 2.75) is 124 Å². The van der Waals surface area contributed by atoms with Crippen LogP contribution in [-0.4, -0.2) is 16.1 Å². The van der Waals surface area contributed by atoms with Gasteiger partial charge in [0.05, 0.1) is 6.10 Å². The number of nitrogens with zero attached hydrogens (tertiary/aromatic N) is 2. The van der Waals surface area contributed by atoms with E-state index in [-0.39, 0.29) is 6.10 Å². The van der Waals surface area contributed by atoms with E-state index in [0.29, 0.717) is 0 Å². The molecule has 0 aliphatic carbocycles. The van der Waals surface area contributed by atoms with Crippen molar-refractivity contribution < 1.29 is 4.74 Å². The highest BCUT2D eigenvalue weighted by atomic mass is 16.5. The maximum atomic E-state index is 6.06. The Bertz CT molecular complexity index is 726. The van der Waals surface area contributed by atoms with E-state index in [1.807, 2.05) is 24.5 Å². The van der Waals surface area contributed by atoms with Crippen LogP contribution in [0.15, 0.2) is 36.7 Å². The number of aryl methyl sites for hydroxylation is 1. The lowest BCUT2D eigenvalue weighted by molar-refractivity contribution is 0.206. The SMILES string of the molecule is CCCCCCC(C)Oc1ccc(-c2ncc(CCCCCCCCC(C)CC)cn2)cc1. The van der Waals surface area contributed by atoms with Crippen LogP contribution in [0.3, 0.4) is 0 Å². The Kier molecular flexibility index (Phi) is 13.8. The number of hydrogen-bond donors (Lipinski definition) is 0. The quantitative estimate of drug-likeness (QED) is 0.211. The third kappa shape index (κ3) is 11.7. The number of unbranched alkanes of at least 4 members (excludes halogenated alkanes) is 8. The highest BCUT2D eigenvalue weighted by Crippen LogP contribution is 2.21. The summed E-state index contributed by atoms with van der Waals surface area (Å²) in [5.74, 6) is 2.62. The van der Waals surface area contributed by atoms with Gasteiger partial charge in [0.1, 0.15) is 5.75 Å². The fourth-order valence-electron chi connectivity index (χ4n) is 4.20. The van der Waals surface area contributed by atoms with Crippen molar-refractivity contribution in [3.05, 3.63) is 42.2 Å². The Morgan fingerprint density at radius 3 is 2.00 bits per heavy atom. The highest BCUT2D eigenvalue weighted by Gasteiger charge is 2.06. The predicted molar refractivity (Wildman–Crippen MR) is 142 cm³/mol. The van der Waals surface area contributed by atoms with Crippen molar-refractivity contribution in [3.63, 3.8) is 0 Å². The van der Waals surface area contributed by atoms with Crippen LogP contribution in [0.5, 0.6) is 5.75 Å². The number of aromatic nitrogens is 2. The van der Waals surface area contributed by atoms with Crippen LogP contribution >= 0.6 is 0 Å². The van der Waals surface area contributed by atoms with Gasteiger partial charge in [-0.25, -0.2) is 9.97 Å². The average Bonchev–Trinajstić information content (AvgIpc) is 2.84. The molecule has 1 heterocycles. The lowest BCUT2D eigenvalue weighted by Gasteiger charge is -2.14. The van der Waals surface area contributed by atoms with E-state index >= 15 is 0 Å². The van der Waals surface area contributed by atoms with E-state index < -0.39 is 0 Å². The molecule has 0 aliphatic rings. The molecule has 0 fully saturated rings. The molecular formula is C30H48N2O. The molecule has 1 aromatic heterocycles. The molecule has 2 rings (SSSR count). The second kappa shape index (κ2) is 16.7. The molecule has 0 spiro atoms. The van der Waals surface area contributed by atoms with Crippen molar-refractivity contribution in [2.24, 2.45) is 5.92 Å². The molecule has 2 aromatic rings. The molecule has 0 saturated carbocycles. The minimum Gasteiger partial charge on any atom is -0.491 e. The van der Waals surface area contributed by atoms with Gasteiger partial charge in [-0.3, -0.25) is 0 Å². The van der Waals surface area contributed by atoms with Crippen LogP contribution in [0, 0.1) is 5.92 Å². The van der Waals surface area contributed by atoms with Gasteiger partial charge in [-0.05, 0) is 68.4 Å². The molecule has 0 saturated heterocycles. The summed E-state index contributed by atoms with van der Waals surface area (Å²) in [7, 11) is 0. The van der Waals surface area contributed by atoms with Crippen LogP contribution in [0.2, 0.25) is 0 Å². The van der Waals surface area contributed by atoms with Gasteiger partial charge in [0, 0.05) is 18.0 Å². The van der Waals surface area contributed by atoms with Gasteiger partial charge in [0.15, 0.2) is 5.82 Å². The first-order valence-electron chi connectivity index (χ1n) is 13.7. The maximum Gasteiger partial charge on any atom is 0.159 e. The lowest BCUT2D eigenvalue weighted by Crippen LogP contribution is -2.11. The number of benzene rings is 1. The van der Waals surface area contributed by atoms with Crippen molar-refractivity contribution >= 4 is 0 Å². The van der Waals surface area contributed by atoms with Gasteiger partial charge in [0.2, 0.25) is 0 Å². The van der Waals surface area contributed by atoms with E-state index in [1.54, 1.807) is 0 Å². The fraction of sp³-hybridized carbons (Fsp3) is 0.667. The molecule has 0 N–H and O–H groups in total. The van der Waals surface area contributed by atoms with E-state index in [4.69, 9.17) is 4.74 Å². The first-order chi connectivity index (χ1) is 16.1. The Labute approximate surface area is 203 Å². The van der Waals surface area contributed by atoms with Crippen LogP contribution in [0.25, 0.3) is 11.4 Å². The molecule has 0 amide bonds. The monoisotopic (exact) mass is 452 g/mol. The van der Waals surface area contributed by atoms with Gasteiger partial charge >= 0.3 is 0 Å². The molecule has 184 valence electrons. The molecule has 1 aromatic carbocycles. The zero-order valence-corrected chi connectivity index (χ0v) is 21.8. The highest BCUT2D eigenvalue weighted by molar-refractivity contribution is 5.55. The van der Waals surface area contributed by atoms with Crippen molar-refractivity contribution in [1.82, 2.24) is 9.97 Å². The third-order valence-corrected chi connectivity index (χ3v) is 6.73. The normalized spacial score (nSPS) is 13.1. The summed E-state index contributed by atoms with van der Waals surface area (Å²) in [4.78, 5) is 9.22. The van der Waals surface area contributed by atoms with E-state index in [9.17, 15) is 0 Å². The minimum absolute atomic E-state index is 0.257. The van der Waals surface area contributed by atoms with Crippen LogP contribution in [0.4, 0.5) is 0 Å². The Morgan fingerprint density at radius 2 is 1.33 bits per heavy atom. The van der Waals surface area contributed by atoms with Crippen LogP contribution < -0.4 is 4.74 Å². The first-order valence-corrected chi connectivity index (χ1v) is 13.7. The van der Waals surface area contributed by atoms with Crippen molar-refractivity contribution in [2.75, 3.05) is 0 Å². The molecular weight excluding hydrogens is 404 g/mol. The third-order valence-electron chi connectivity index (χ3n) is 6.73. The largest absolute Gasteiger partial charge is 0.491 e. The summed E-state index contributed by atoms with van der Waals surface area (Å²) in [6, 6.07) is 8.21. The maximum absolute atomic E-state index is 6.06. The summed E-state index contributed by atoms with van der Waals surface area (Å²) in [5.41, 5.74) is 2.29. The minimum atomic E-state index is 0.257. The molecule has 3 nitrogen and oxygen atoms in total. The number of ether oxygens (including phenoxy) is 1. The predicted octanol–water partition coefficient (Wildman–Crippen LogP) is 9.20.